The molecular formula is C18H29N3O4S. The van der Waals surface area contributed by atoms with Crippen molar-refractivity contribution in [3.05, 3.63) is 24.2 Å². The van der Waals surface area contributed by atoms with Crippen molar-refractivity contribution in [1.82, 2.24) is 14.5 Å². The molecule has 146 valence electrons. The zero-order chi connectivity index (χ0) is 18.6. The maximum Gasteiger partial charge on any atom is 0.223 e. The number of hydrogen-bond donors (Lipinski definition) is 1. The van der Waals surface area contributed by atoms with Crippen LogP contribution in [-0.4, -0.2) is 62.5 Å². The monoisotopic (exact) mass is 383 g/mol. The van der Waals surface area contributed by atoms with E-state index in [-0.39, 0.29) is 17.7 Å². The maximum absolute atomic E-state index is 12.5. The van der Waals surface area contributed by atoms with Gasteiger partial charge in [0.15, 0.2) is 0 Å². The van der Waals surface area contributed by atoms with Crippen molar-refractivity contribution in [2.24, 2.45) is 11.8 Å². The smallest absolute Gasteiger partial charge is 0.223 e. The Kier molecular flexibility index (Phi) is 6.37. The zero-order valence-electron chi connectivity index (χ0n) is 15.4. The molecule has 0 saturated carbocycles. The van der Waals surface area contributed by atoms with Gasteiger partial charge in [0, 0.05) is 25.6 Å². The molecule has 3 heterocycles. The Bertz CT molecular complexity index is 681. The van der Waals surface area contributed by atoms with Gasteiger partial charge < -0.3 is 9.73 Å². The van der Waals surface area contributed by atoms with Crippen molar-refractivity contribution in [3.63, 3.8) is 0 Å². The first-order chi connectivity index (χ1) is 12.4. The van der Waals surface area contributed by atoms with Gasteiger partial charge in [0.05, 0.1) is 19.1 Å². The van der Waals surface area contributed by atoms with Crippen LogP contribution in [0.3, 0.4) is 0 Å². The summed E-state index contributed by atoms with van der Waals surface area (Å²) in [5.74, 6) is 1.33. The van der Waals surface area contributed by atoms with Crippen LogP contribution in [0.2, 0.25) is 0 Å². The second kappa shape index (κ2) is 8.54. The van der Waals surface area contributed by atoms with Crippen LogP contribution in [0.1, 0.15) is 31.4 Å². The Morgan fingerprint density at radius 1 is 1.27 bits per heavy atom. The normalized spacial score (nSPS) is 23.8. The van der Waals surface area contributed by atoms with Crippen LogP contribution in [0.4, 0.5) is 0 Å². The highest BCUT2D eigenvalue weighted by Crippen LogP contribution is 2.21. The number of furan rings is 1. The molecule has 1 N–H and O–H groups in total. The van der Waals surface area contributed by atoms with Gasteiger partial charge in [-0.3, -0.25) is 9.69 Å². The minimum Gasteiger partial charge on any atom is -0.468 e. The number of rotatable bonds is 6. The standard InChI is InChI=1S/C18H29N3O4S/c1-26(23,24)21-8-2-4-15(13-21)12-19-18(22)16-6-9-20(10-7-16)14-17-5-3-11-25-17/h3,5,11,15-16H,2,4,6-10,12-14H2,1H3,(H,19,22)/t15-/m0/s1. The Morgan fingerprint density at radius 3 is 2.69 bits per heavy atom. The van der Waals surface area contributed by atoms with Crippen molar-refractivity contribution in [3.8, 4) is 0 Å². The molecule has 2 saturated heterocycles. The summed E-state index contributed by atoms with van der Waals surface area (Å²) in [6.07, 6.45) is 6.47. The summed E-state index contributed by atoms with van der Waals surface area (Å²) in [6.45, 7) is 4.26. The molecule has 8 heteroatoms. The first-order valence-corrected chi connectivity index (χ1v) is 11.2. The molecule has 2 aliphatic rings. The summed E-state index contributed by atoms with van der Waals surface area (Å²) in [5, 5.41) is 3.06. The van der Waals surface area contributed by atoms with E-state index in [1.165, 1.54) is 10.6 Å². The average molecular weight is 384 g/mol. The van der Waals surface area contributed by atoms with Crippen molar-refractivity contribution >= 4 is 15.9 Å². The SMILES string of the molecule is CS(=O)(=O)N1CCC[C@@H](CNC(=O)C2CCN(Cc3ccco3)CC2)C1. The molecule has 0 spiro atoms. The largest absolute Gasteiger partial charge is 0.468 e. The summed E-state index contributed by atoms with van der Waals surface area (Å²) in [5.41, 5.74) is 0. The molecule has 26 heavy (non-hydrogen) atoms. The van der Waals surface area contributed by atoms with Crippen LogP contribution in [0.25, 0.3) is 0 Å². The van der Waals surface area contributed by atoms with E-state index in [0.29, 0.717) is 19.6 Å². The highest BCUT2D eigenvalue weighted by Gasteiger charge is 2.28. The predicted octanol–water partition coefficient (Wildman–Crippen LogP) is 1.28. The molecule has 1 amide bonds. The van der Waals surface area contributed by atoms with Crippen LogP contribution in [0, 0.1) is 11.8 Å². The molecule has 7 nitrogen and oxygen atoms in total. The molecular weight excluding hydrogens is 354 g/mol. The van der Waals surface area contributed by atoms with Gasteiger partial charge in [0.1, 0.15) is 5.76 Å². The quantitative estimate of drug-likeness (QED) is 0.800. The van der Waals surface area contributed by atoms with Gasteiger partial charge in [-0.05, 0) is 56.8 Å². The molecule has 1 aromatic heterocycles. The van der Waals surface area contributed by atoms with Crippen LogP contribution in [0.15, 0.2) is 22.8 Å². The summed E-state index contributed by atoms with van der Waals surface area (Å²) in [4.78, 5) is 14.8. The van der Waals surface area contributed by atoms with Gasteiger partial charge in [-0.15, -0.1) is 0 Å². The van der Waals surface area contributed by atoms with Gasteiger partial charge in [-0.2, -0.15) is 0 Å². The van der Waals surface area contributed by atoms with E-state index in [9.17, 15) is 13.2 Å². The fourth-order valence-electron chi connectivity index (χ4n) is 3.86. The Labute approximate surface area is 155 Å². The van der Waals surface area contributed by atoms with E-state index in [1.54, 1.807) is 6.26 Å². The minimum absolute atomic E-state index is 0.0532. The van der Waals surface area contributed by atoms with Crippen LogP contribution in [0.5, 0.6) is 0 Å². The second-order valence-corrected chi connectivity index (χ2v) is 9.49. The molecule has 0 unspecified atom stereocenters. The van der Waals surface area contributed by atoms with E-state index < -0.39 is 10.0 Å². The zero-order valence-corrected chi connectivity index (χ0v) is 16.2. The summed E-state index contributed by atoms with van der Waals surface area (Å²) >= 11 is 0. The lowest BCUT2D eigenvalue weighted by Gasteiger charge is -2.33. The summed E-state index contributed by atoms with van der Waals surface area (Å²) in [6, 6.07) is 3.87. The van der Waals surface area contributed by atoms with Crippen LogP contribution in [-0.2, 0) is 21.4 Å². The average Bonchev–Trinajstić information content (AvgIpc) is 3.13. The summed E-state index contributed by atoms with van der Waals surface area (Å²) in [7, 11) is -3.14. The Morgan fingerprint density at radius 2 is 2.04 bits per heavy atom. The third kappa shape index (κ3) is 5.31. The fourth-order valence-corrected chi connectivity index (χ4v) is 4.80. The van der Waals surface area contributed by atoms with E-state index in [2.05, 4.69) is 10.2 Å². The lowest BCUT2D eigenvalue weighted by atomic mass is 9.94. The highest BCUT2D eigenvalue weighted by atomic mass is 32.2. The van der Waals surface area contributed by atoms with Crippen molar-refractivity contribution in [1.29, 1.82) is 0 Å². The molecule has 2 fully saturated rings. The highest BCUT2D eigenvalue weighted by molar-refractivity contribution is 7.88. The predicted molar refractivity (Wildman–Crippen MR) is 98.9 cm³/mol. The van der Waals surface area contributed by atoms with Crippen LogP contribution >= 0.6 is 0 Å². The van der Waals surface area contributed by atoms with Gasteiger partial charge >= 0.3 is 0 Å². The molecule has 3 rings (SSSR count). The number of carbonyl (C=O) groups excluding carboxylic acids is 1. The van der Waals surface area contributed by atoms with Crippen molar-refractivity contribution in [2.45, 2.75) is 32.2 Å². The number of likely N-dealkylation sites (tertiary alicyclic amines) is 1. The third-order valence-electron chi connectivity index (χ3n) is 5.43. The topological polar surface area (TPSA) is 82.9 Å². The van der Waals surface area contributed by atoms with Gasteiger partial charge in [-0.25, -0.2) is 12.7 Å². The van der Waals surface area contributed by atoms with E-state index >= 15 is 0 Å². The second-order valence-electron chi connectivity index (χ2n) is 7.50. The van der Waals surface area contributed by atoms with Crippen molar-refractivity contribution in [2.75, 3.05) is 39.0 Å². The van der Waals surface area contributed by atoms with E-state index in [4.69, 9.17) is 4.42 Å². The first-order valence-electron chi connectivity index (χ1n) is 9.39. The third-order valence-corrected chi connectivity index (χ3v) is 6.70. The molecule has 2 aliphatic heterocycles. The lowest BCUT2D eigenvalue weighted by molar-refractivity contribution is -0.126. The minimum atomic E-state index is -3.14. The molecule has 1 atom stereocenters. The first kappa shape index (κ1) is 19.4. The number of piperidine rings is 2. The van der Waals surface area contributed by atoms with E-state index in [1.807, 2.05) is 12.1 Å². The van der Waals surface area contributed by atoms with Crippen molar-refractivity contribution < 1.29 is 17.6 Å². The maximum atomic E-state index is 12.5. The van der Waals surface area contributed by atoms with Crippen LogP contribution < -0.4 is 5.32 Å². The Hall–Kier alpha value is -1.38. The molecule has 1 aromatic rings. The molecule has 0 aromatic carbocycles. The lowest BCUT2D eigenvalue weighted by Crippen LogP contribution is -2.45. The fraction of sp³-hybridized carbons (Fsp3) is 0.722. The number of amides is 1. The molecule has 0 radical (unpaired) electrons. The van der Waals surface area contributed by atoms with Gasteiger partial charge in [0.25, 0.3) is 0 Å². The number of hydrogen-bond acceptors (Lipinski definition) is 5. The number of sulfonamides is 1. The molecule has 0 bridgehead atoms. The summed E-state index contributed by atoms with van der Waals surface area (Å²) < 4.78 is 30.3. The Balaban J connectivity index is 1.39. The van der Waals surface area contributed by atoms with E-state index in [0.717, 1.165) is 51.1 Å². The number of nitrogens with zero attached hydrogens (tertiary/aromatic N) is 2. The van der Waals surface area contributed by atoms with Gasteiger partial charge in [-0.1, -0.05) is 0 Å². The number of nitrogens with one attached hydrogen (secondary N) is 1. The van der Waals surface area contributed by atoms with Gasteiger partial charge in [0.2, 0.25) is 15.9 Å². The molecule has 0 aliphatic carbocycles. The number of carbonyl (C=O) groups is 1.